The van der Waals surface area contributed by atoms with Gasteiger partial charge in [-0.15, -0.1) is 0 Å². The van der Waals surface area contributed by atoms with Gasteiger partial charge in [-0.1, -0.05) is 11.8 Å². The number of anilines is 1. The molecule has 0 saturated heterocycles. The molecule has 0 aliphatic heterocycles. The highest BCUT2D eigenvalue weighted by Crippen LogP contribution is 2.18. The number of fused-ring (bicyclic) bond motifs is 1. The summed E-state index contributed by atoms with van der Waals surface area (Å²) in [5.41, 5.74) is 7.49. The Bertz CT molecular complexity index is 519. The lowest BCUT2D eigenvalue weighted by molar-refractivity contribution is 1.13. The third kappa shape index (κ3) is 1.54. The van der Waals surface area contributed by atoms with E-state index < -0.39 is 0 Å². The number of benzene rings is 1. The maximum absolute atomic E-state index is 5.64. The third-order valence-corrected chi connectivity index (χ3v) is 2.06. The van der Waals surface area contributed by atoms with Crippen LogP contribution in [0.3, 0.4) is 0 Å². The summed E-state index contributed by atoms with van der Waals surface area (Å²) >= 11 is 4.01. The molecule has 2 aromatic rings. The SMILES string of the molecule is Nc1n[nH]c2cc(C#CCS)ccc12. The van der Waals surface area contributed by atoms with Gasteiger partial charge < -0.3 is 5.73 Å². The normalized spacial score (nSPS) is 9.79. The van der Waals surface area contributed by atoms with E-state index >= 15 is 0 Å². The number of hydrogen-bond acceptors (Lipinski definition) is 3. The Morgan fingerprint density at radius 2 is 2.36 bits per heavy atom. The Morgan fingerprint density at radius 3 is 3.14 bits per heavy atom. The highest BCUT2D eigenvalue weighted by molar-refractivity contribution is 7.80. The van der Waals surface area contributed by atoms with E-state index in [0.29, 0.717) is 11.6 Å². The molecule has 0 amide bonds. The molecule has 0 bridgehead atoms. The Balaban J connectivity index is 2.52. The molecule has 1 aromatic carbocycles. The van der Waals surface area contributed by atoms with Gasteiger partial charge in [0, 0.05) is 10.9 Å². The number of hydrogen-bond donors (Lipinski definition) is 3. The van der Waals surface area contributed by atoms with Gasteiger partial charge in [0.2, 0.25) is 0 Å². The first kappa shape index (κ1) is 8.97. The molecule has 1 aromatic heterocycles. The van der Waals surface area contributed by atoms with E-state index in [0.717, 1.165) is 16.5 Å². The molecule has 0 radical (unpaired) electrons. The smallest absolute Gasteiger partial charge is 0.153 e. The molecule has 0 aliphatic rings. The van der Waals surface area contributed by atoms with Crippen LogP contribution in [-0.2, 0) is 0 Å². The fraction of sp³-hybridized carbons (Fsp3) is 0.100. The van der Waals surface area contributed by atoms with Crippen LogP contribution in [-0.4, -0.2) is 16.0 Å². The fourth-order valence-electron chi connectivity index (χ4n) is 1.26. The molecule has 2 rings (SSSR count). The number of aromatic amines is 1. The van der Waals surface area contributed by atoms with Crippen LogP contribution in [0, 0.1) is 11.8 Å². The van der Waals surface area contributed by atoms with Crippen molar-refractivity contribution >= 4 is 29.3 Å². The average Bonchev–Trinajstić information content (AvgIpc) is 2.57. The lowest BCUT2D eigenvalue weighted by atomic mass is 10.1. The number of nitrogens with two attached hydrogens (primary N) is 1. The molecule has 0 fully saturated rings. The van der Waals surface area contributed by atoms with Gasteiger partial charge in [-0.05, 0) is 18.2 Å². The molecule has 14 heavy (non-hydrogen) atoms. The summed E-state index contributed by atoms with van der Waals surface area (Å²) < 4.78 is 0. The van der Waals surface area contributed by atoms with Crippen molar-refractivity contribution in [3.05, 3.63) is 23.8 Å². The van der Waals surface area contributed by atoms with Crippen LogP contribution in [0.25, 0.3) is 10.9 Å². The van der Waals surface area contributed by atoms with Crippen LogP contribution in [0.1, 0.15) is 5.56 Å². The van der Waals surface area contributed by atoms with Crippen molar-refractivity contribution in [2.24, 2.45) is 0 Å². The van der Waals surface area contributed by atoms with E-state index in [1.54, 1.807) is 0 Å². The van der Waals surface area contributed by atoms with Gasteiger partial charge in [-0.25, -0.2) is 0 Å². The standard InChI is InChI=1S/C10H9N3S/c11-10-8-4-3-7(2-1-5-14)6-9(8)12-13-10/h3-4,6,14H,5H2,(H3,11,12,13). The molecular weight excluding hydrogens is 194 g/mol. The van der Waals surface area contributed by atoms with Gasteiger partial charge in [0.25, 0.3) is 0 Å². The summed E-state index contributed by atoms with van der Waals surface area (Å²) in [7, 11) is 0. The number of rotatable bonds is 0. The van der Waals surface area contributed by atoms with Gasteiger partial charge in [0.15, 0.2) is 5.82 Å². The van der Waals surface area contributed by atoms with Gasteiger partial charge >= 0.3 is 0 Å². The molecule has 0 spiro atoms. The van der Waals surface area contributed by atoms with Crippen molar-refractivity contribution in [1.29, 1.82) is 0 Å². The lowest BCUT2D eigenvalue weighted by Gasteiger charge is -1.91. The van der Waals surface area contributed by atoms with E-state index in [1.807, 2.05) is 18.2 Å². The Labute approximate surface area is 87.1 Å². The predicted molar refractivity (Wildman–Crippen MR) is 61.2 cm³/mol. The molecule has 1 heterocycles. The first-order valence-electron chi connectivity index (χ1n) is 4.14. The summed E-state index contributed by atoms with van der Waals surface area (Å²) in [6.45, 7) is 0. The minimum absolute atomic E-state index is 0.522. The summed E-state index contributed by atoms with van der Waals surface area (Å²) in [4.78, 5) is 0. The Morgan fingerprint density at radius 1 is 1.50 bits per heavy atom. The minimum Gasteiger partial charge on any atom is -0.382 e. The van der Waals surface area contributed by atoms with Gasteiger partial charge in [0.1, 0.15) is 0 Å². The minimum atomic E-state index is 0.522. The van der Waals surface area contributed by atoms with Crippen molar-refractivity contribution in [2.45, 2.75) is 0 Å². The van der Waals surface area contributed by atoms with Crippen LogP contribution < -0.4 is 5.73 Å². The second-order valence-corrected chi connectivity index (χ2v) is 3.15. The molecule has 0 unspecified atom stereocenters. The molecule has 0 saturated carbocycles. The molecule has 3 nitrogen and oxygen atoms in total. The molecular formula is C10H9N3S. The topological polar surface area (TPSA) is 54.7 Å². The predicted octanol–water partition coefficient (Wildman–Crippen LogP) is 1.43. The lowest BCUT2D eigenvalue weighted by Crippen LogP contribution is -1.83. The first-order chi connectivity index (χ1) is 6.81. The van der Waals surface area contributed by atoms with E-state index in [2.05, 4.69) is 34.7 Å². The van der Waals surface area contributed by atoms with Crippen molar-refractivity contribution in [2.75, 3.05) is 11.5 Å². The molecule has 4 heteroatoms. The summed E-state index contributed by atoms with van der Waals surface area (Å²) in [6, 6.07) is 5.76. The monoisotopic (exact) mass is 203 g/mol. The van der Waals surface area contributed by atoms with Crippen molar-refractivity contribution in [3.8, 4) is 11.8 Å². The molecule has 0 atom stereocenters. The highest BCUT2D eigenvalue weighted by Gasteiger charge is 2.00. The van der Waals surface area contributed by atoms with Crippen molar-refractivity contribution in [3.63, 3.8) is 0 Å². The fourth-order valence-corrected chi connectivity index (χ4v) is 1.34. The van der Waals surface area contributed by atoms with Crippen LogP contribution in [0.15, 0.2) is 18.2 Å². The Kier molecular flexibility index (Phi) is 2.33. The van der Waals surface area contributed by atoms with Crippen LogP contribution >= 0.6 is 12.6 Å². The van der Waals surface area contributed by atoms with E-state index in [1.165, 1.54) is 0 Å². The molecule has 70 valence electrons. The van der Waals surface area contributed by atoms with E-state index in [4.69, 9.17) is 5.73 Å². The summed E-state index contributed by atoms with van der Waals surface area (Å²) in [5, 5.41) is 7.68. The maximum atomic E-state index is 5.64. The zero-order valence-corrected chi connectivity index (χ0v) is 8.31. The quantitative estimate of drug-likeness (QED) is 0.448. The van der Waals surface area contributed by atoms with E-state index in [9.17, 15) is 0 Å². The van der Waals surface area contributed by atoms with Gasteiger partial charge in [-0.2, -0.15) is 17.7 Å². The average molecular weight is 203 g/mol. The van der Waals surface area contributed by atoms with Crippen LogP contribution in [0.4, 0.5) is 5.82 Å². The number of nitrogen functional groups attached to an aromatic ring is 1. The maximum Gasteiger partial charge on any atom is 0.153 e. The van der Waals surface area contributed by atoms with Crippen LogP contribution in [0.2, 0.25) is 0 Å². The van der Waals surface area contributed by atoms with Gasteiger partial charge in [-0.3, -0.25) is 5.10 Å². The summed E-state index contributed by atoms with van der Waals surface area (Å²) in [5.74, 6) is 6.95. The van der Waals surface area contributed by atoms with E-state index in [-0.39, 0.29) is 0 Å². The van der Waals surface area contributed by atoms with Crippen molar-refractivity contribution < 1.29 is 0 Å². The zero-order chi connectivity index (χ0) is 9.97. The number of H-pyrrole nitrogens is 1. The van der Waals surface area contributed by atoms with Crippen molar-refractivity contribution in [1.82, 2.24) is 10.2 Å². The molecule has 0 aliphatic carbocycles. The Hall–Kier alpha value is -1.60. The second kappa shape index (κ2) is 3.64. The number of nitrogens with one attached hydrogen (secondary N) is 1. The first-order valence-corrected chi connectivity index (χ1v) is 4.78. The number of thiol groups is 1. The second-order valence-electron chi connectivity index (χ2n) is 2.83. The highest BCUT2D eigenvalue weighted by atomic mass is 32.1. The molecule has 3 N–H and O–H groups in total. The zero-order valence-electron chi connectivity index (χ0n) is 7.41. The number of aromatic nitrogens is 2. The number of nitrogens with zero attached hydrogens (tertiary/aromatic N) is 1. The largest absolute Gasteiger partial charge is 0.382 e. The third-order valence-electron chi connectivity index (χ3n) is 1.90. The van der Waals surface area contributed by atoms with Crippen LogP contribution in [0.5, 0.6) is 0 Å². The van der Waals surface area contributed by atoms with Gasteiger partial charge in [0.05, 0.1) is 11.3 Å². The summed E-state index contributed by atoms with van der Waals surface area (Å²) in [6.07, 6.45) is 0.